The van der Waals surface area contributed by atoms with E-state index in [-0.39, 0.29) is 36.0 Å². The van der Waals surface area contributed by atoms with Crippen molar-refractivity contribution in [2.45, 2.75) is 74.8 Å². The van der Waals surface area contributed by atoms with Gasteiger partial charge in [0.25, 0.3) is 0 Å². The fraction of sp³-hybridized carbons (Fsp3) is 0.483. The zero-order valence-corrected chi connectivity index (χ0v) is 23.5. The second-order valence-electron chi connectivity index (χ2n) is 10.5. The smallest absolute Gasteiger partial charge is 0.330 e. The van der Waals surface area contributed by atoms with Crippen molar-refractivity contribution in [2.75, 3.05) is 13.2 Å². The molecule has 2 saturated heterocycles. The molecule has 44 heavy (non-hydrogen) atoms. The van der Waals surface area contributed by atoms with Gasteiger partial charge in [-0.05, 0) is 54.8 Å². The second-order valence-corrected chi connectivity index (χ2v) is 10.5. The quantitative estimate of drug-likeness (QED) is 0.0873. The predicted octanol–water partition coefficient (Wildman–Crippen LogP) is -1.02. The molecule has 2 aliphatic heterocycles. The third-order valence-electron chi connectivity index (χ3n) is 7.26. The molecule has 9 N–H and O–H groups in total. The van der Waals surface area contributed by atoms with E-state index in [9.17, 15) is 50.8 Å². The molecular weight excluding hydrogens is 588 g/mol. The Balaban J connectivity index is 1.44. The van der Waals surface area contributed by atoms with E-state index in [0.29, 0.717) is 11.1 Å². The lowest BCUT2D eigenvalue weighted by molar-refractivity contribution is -0.357. The van der Waals surface area contributed by atoms with Gasteiger partial charge in [-0.1, -0.05) is 12.1 Å². The molecule has 242 valence electrons. The van der Waals surface area contributed by atoms with Crippen LogP contribution in [0.5, 0.6) is 23.0 Å². The van der Waals surface area contributed by atoms with E-state index in [1.165, 1.54) is 43.3 Å². The minimum Gasteiger partial charge on any atom is -0.504 e. The van der Waals surface area contributed by atoms with Crippen LogP contribution in [0.3, 0.4) is 0 Å². The Morgan fingerprint density at radius 1 is 0.795 bits per heavy atom. The van der Waals surface area contributed by atoms with Crippen molar-refractivity contribution in [1.29, 1.82) is 0 Å². The molecule has 0 saturated carbocycles. The van der Waals surface area contributed by atoms with Gasteiger partial charge in [0.15, 0.2) is 35.6 Å². The summed E-state index contributed by atoms with van der Waals surface area (Å²) in [5, 5.41) is 90.8. The number of aromatic hydroxyl groups is 4. The van der Waals surface area contributed by atoms with Crippen LogP contribution in [0.4, 0.5) is 0 Å². The number of carbonyl (C=O) groups is 1. The highest BCUT2D eigenvalue weighted by molar-refractivity contribution is 5.87. The maximum Gasteiger partial charge on any atom is 0.330 e. The molecule has 2 aliphatic rings. The van der Waals surface area contributed by atoms with Crippen molar-refractivity contribution in [3.05, 3.63) is 53.6 Å². The van der Waals surface area contributed by atoms with E-state index >= 15 is 0 Å². The highest BCUT2D eigenvalue weighted by atomic mass is 16.7. The maximum absolute atomic E-state index is 12.4. The molecule has 0 aliphatic carbocycles. The van der Waals surface area contributed by atoms with Gasteiger partial charge in [0.05, 0.1) is 12.7 Å². The molecule has 2 heterocycles. The molecular formula is C29H36O15. The predicted molar refractivity (Wildman–Crippen MR) is 147 cm³/mol. The van der Waals surface area contributed by atoms with Crippen LogP contribution < -0.4 is 0 Å². The Morgan fingerprint density at radius 3 is 2.16 bits per heavy atom. The first kappa shape index (κ1) is 33.4. The summed E-state index contributed by atoms with van der Waals surface area (Å²) in [7, 11) is 0. The van der Waals surface area contributed by atoms with Crippen molar-refractivity contribution < 1.29 is 74.4 Å². The monoisotopic (exact) mass is 624 g/mol. The van der Waals surface area contributed by atoms with E-state index in [1.54, 1.807) is 6.07 Å². The number of phenols is 4. The maximum atomic E-state index is 12.4. The standard InChI is InChI=1S/C29H36O15/c1-13-22(35)24(37)25(38)29(42-13)44-27-23(36)20(12-41-21(34)7-4-14-2-5-16(30)18(32)10-14)43-28(26(27)39)40-9-8-15-3-6-17(31)19(33)11-15/h2-7,10-11,13,20,22-33,35-39H,8-9,12H2,1H3/t13-,20-,22-,23-,24+,25+,26-,27+,28-,29+/m1/s1. The van der Waals surface area contributed by atoms with Gasteiger partial charge < -0.3 is 69.6 Å². The largest absolute Gasteiger partial charge is 0.504 e. The minimum absolute atomic E-state index is 0.0754. The first-order valence-electron chi connectivity index (χ1n) is 13.7. The molecule has 2 fully saturated rings. The molecule has 0 unspecified atom stereocenters. The summed E-state index contributed by atoms with van der Waals surface area (Å²) >= 11 is 0. The lowest BCUT2D eigenvalue weighted by Crippen LogP contribution is -2.64. The number of rotatable bonds is 10. The van der Waals surface area contributed by atoms with Crippen LogP contribution in [-0.4, -0.2) is 127 Å². The molecule has 0 bridgehead atoms. The summed E-state index contributed by atoms with van der Waals surface area (Å²) in [4.78, 5) is 12.4. The summed E-state index contributed by atoms with van der Waals surface area (Å²) < 4.78 is 27.7. The van der Waals surface area contributed by atoms with Crippen LogP contribution >= 0.6 is 0 Å². The SMILES string of the molecule is C[C@H]1O[C@@H](O[C@@H]2[C@@H](O)[C@H](OCCc3ccc(O)c(O)c3)O[C@H](COC(=O)C=Cc3ccc(O)c(O)c3)[C@H]2O)[C@@H](O)[C@@H](O)[C@@H]1O. The highest BCUT2D eigenvalue weighted by Crippen LogP contribution is 2.31. The number of hydrogen-bond acceptors (Lipinski definition) is 15. The Morgan fingerprint density at radius 2 is 1.48 bits per heavy atom. The van der Waals surface area contributed by atoms with Crippen molar-refractivity contribution in [2.24, 2.45) is 0 Å². The Labute approximate surface area is 251 Å². The summed E-state index contributed by atoms with van der Waals surface area (Å²) in [6.45, 7) is 0.804. The van der Waals surface area contributed by atoms with Gasteiger partial charge in [-0.25, -0.2) is 4.79 Å². The molecule has 0 amide bonds. The second kappa shape index (κ2) is 14.5. The normalized spacial score (nSPS) is 32.5. The molecule has 0 radical (unpaired) electrons. The molecule has 10 atom stereocenters. The minimum atomic E-state index is -1.74. The first-order valence-corrected chi connectivity index (χ1v) is 13.7. The number of esters is 1. The summed E-state index contributed by atoms with van der Waals surface area (Å²) in [5.74, 6) is -2.23. The van der Waals surface area contributed by atoms with Crippen LogP contribution in [0.2, 0.25) is 0 Å². The summed E-state index contributed by atoms with van der Waals surface area (Å²) in [6.07, 6.45) is -12.5. The van der Waals surface area contributed by atoms with E-state index in [2.05, 4.69) is 0 Å². The van der Waals surface area contributed by atoms with Gasteiger partial charge in [-0.15, -0.1) is 0 Å². The molecule has 2 aromatic rings. The van der Waals surface area contributed by atoms with E-state index < -0.39 is 74.0 Å². The number of benzene rings is 2. The van der Waals surface area contributed by atoms with Gasteiger partial charge in [0.2, 0.25) is 0 Å². The molecule has 15 heteroatoms. The van der Waals surface area contributed by atoms with Crippen molar-refractivity contribution in [1.82, 2.24) is 0 Å². The first-order chi connectivity index (χ1) is 20.8. The number of aliphatic hydroxyl groups excluding tert-OH is 5. The van der Waals surface area contributed by atoms with Crippen LogP contribution in [0.25, 0.3) is 6.08 Å². The average molecular weight is 625 g/mol. The fourth-order valence-electron chi connectivity index (χ4n) is 4.66. The lowest BCUT2D eigenvalue weighted by Gasteiger charge is -2.45. The summed E-state index contributed by atoms with van der Waals surface area (Å²) in [5.41, 5.74) is 0.962. The molecule has 0 spiro atoms. The van der Waals surface area contributed by atoms with Crippen molar-refractivity contribution >= 4 is 12.0 Å². The fourth-order valence-corrected chi connectivity index (χ4v) is 4.66. The van der Waals surface area contributed by atoms with Crippen molar-refractivity contribution in [3.8, 4) is 23.0 Å². The lowest BCUT2D eigenvalue weighted by atomic mass is 9.97. The Kier molecular flexibility index (Phi) is 11.0. The van der Waals surface area contributed by atoms with Crippen LogP contribution in [0.1, 0.15) is 18.1 Å². The van der Waals surface area contributed by atoms with Gasteiger partial charge in [0, 0.05) is 6.08 Å². The summed E-state index contributed by atoms with van der Waals surface area (Å²) in [6, 6.07) is 8.05. The molecule has 2 aromatic carbocycles. The number of carbonyl (C=O) groups excluding carboxylic acids is 1. The zero-order valence-electron chi connectivity index (χ0n) is 23.5. The van der Waals surface area contributed by atoms with Gasteiger partial charge in [0.1, 0.15) is 49.3 Å². The topological polar surface area (TPSA) is 245 Å². The number of ether oxygens (including phenoxy) is 5. The molecule has 15 nitrogen and oxygen atoms in total. The average Bonchev–Trinajstić information content (AvgIpc) is 2.99. The van der Waals surface area contributed by atoms with Crippen LogP contribution in [-0.2, 0) is 34.9 Å². The third-order valence-corrected chi connectivity index (χ3v) is 7.26. The van der Waals surface area contributed by atoms with E-state index in [4.69, 9.17) is 23.7 Å². The molecule has 0 aromatic heterocycles. The van der Waals surface area contributed by atoms with Gasteiger partial charge >= 0.3 is 5.97 Å². The Hall–Kier alpha value is -3.51. The van der Waals surface area contributed by atoms with Crippen LogP contribution in [0, 0.1) is 0 Å². The number of phenolic OH excluding ortho intramolecular Hbond substituents is 4. The van der Waals surface area contributed by atoms with Gasteiger partial charge in [-0.2, -0.15) is 0 Å². The van der Waals surface area contributed by atoms with Crippen LogP contribution in [0.15, 0.2) is 42.5 Å². The number of hydrogen-bond donors (Lipinski definition) is 9. The Bertz CT molecular complexity index is 1300. The van der Waals surface area contributed by atoms with Crippen molar-refractivity contribution in [3.63, 3.8) is 0 Å². The van der Waals surface area contributed by atoms with E-state index in [1.807, 2.05) is 0 Å². The zero-order chi connectivity index (χ0) is 32.1. The van der Waals surface area contributed by atoms with Gasteiger partial charge in [-0.3, -0.25) is 0 Å². The highest BCUT2D eigenvalue weighted by Gasteiger charge is 2.50. The number of aliphatic hydroxyl groups is 5. The van der Waals surface area contributed by atoms with E-state index in [0.717, 1.165) is 6.08 Å². The molecule has 4 rings (SSSR count). The third kappa shape index (κ3) is 7.95.